The zero-order valence-corrected chi connectivity index (χ0v) is 19.6. The van der Waals surface area contributed by atoms with Crippen molar-refractivity contribution in [2.75, 3.05) is 6.66 Å². The van der Waals surface area contributed by atoms with Gasteiger partial charge in [-0.1, -0.05) is 61.1 Å². The van der Waals surface area contributed by atoms with Gasteiger partial charge in [0.2, 0.25) is 0 Å². The minimum absolute atomic E-state index is 0.0188. The van der Waals surface area contributed by atoms with E-state index in [0.717, 1.165) is 11.1 Å². The number of rotatable bonds is 0. The summed E-state index contributed by atoms with van der Waals surface area (Å²) >= 11 is 7.71. The van der Waals surface area contributed by atoms with E-state index >= 15 is 0 Å². The van der Waals surface area contributed by atoms with Crippen LogP contribution in [0.5, 0.6) is 0 Å². The Hall–Kier alpha value is -0.610. The topological polar surface area (TPSA) is 0 Å². The van der Waals surface area contributed by atoms with Crippen molar-refractivity contribution >= 4 is 58.0 Å². The van der Waals surface area contributed by atoms with Crippen LogP contribution in [-0.4, -0.2) is 11.3 Å². The molecule has 3 rings (SSSR count). The third kappa shape index (κ3) is 5.22. The van der Waals surface area contributed by atoms with E-state index in [2.05, 4.69) is 82.3 Å². The molecule has 2 aliphatic rings. The van der Waals surface area contributed by atoms with Crippen LogP contribution < -0.4 is 0 Å². The second kappa shape index (κ2) is 9.05. The molecule has 5 heteroatoms. The summed E-state index contributed by atoms with van der Waals surface area (Å²) in [6.07, 6.45) is 0. The highest BCUT2D eigenvalue weighted by molar-refractivity contribution is 8.68. The van der Waals surface area contributed by atoms with Gasteiger partial charge in [0.1, 0.15) is 22.3 Å². The highest BCUT2D eigenvalue weighted by Crippen LogP contribution is 2.63. The lowest BCUT2D eigenvalue weighted by Crippen LogP contribution is -1.81. The summed E-state index contributed by atoms with van der Waals surface area (Å²) in [5, 5.41) is 0. The van der Waals surface area contributed by atoms with Gasteiger partial charge in [-0.15, -0.1) is 0 Å². The highest BCUT2D eigenvalue weighted by Gasteiger charge is 2.31. The Morgan fingerprint density at radius 2 is 1.50 bits per heavy atom. The molecule has 0 spiro atoms. The first-order chi connectivity index (χ1) is 12.4. The molecule has 0 saturated heterocycles. The third-order valence-electron chi connectivity index (χ3n) is 3.54. The maximum Gasteiger partial charge on any atom is 0.177 e. The molecule has 0 fully saturated rings. The fourth-order valence-corrected chi connectivity index (χ4v) is 11.2. The molecule has 0 bridgehead atoms. The lowest BCUT2D eigenvalue weighted by molar-refractivity contribution is 0.866. The Bertz CT molecular complexity index is 926. The molecule has 26 heavy (non-hydrogen) atoms. The summed E-state index contributed by atoms with van der Waals surface area (Å²) < 4.78 is 4.44. The molecule has 0 saturated carbocycles. The number of allylic oxidation sites excluding steroid dienone is 2. The van der Waals surface area contributed by atoms with Crippen molar-refractivity contribution in [3.63, 3.8) is 0 Å². The van der Waals surface area contributed by atoms with E-state index in [9.17, 15) is 0 Å². The van der Waals surface area contributed by atoms with E-state index in [-0.39, 0.29) is 6.75 Å². The van der Waals surface area contributed by atoms with Crippen molar-refractivity contribution in [1.29, 1.82) is 0 Å². The van der Waals surface area contributed by atoms with Crippen LogP contribution in [0.2, 0.25) is 0 Å². The van der Waals surface area contributed by atoms with Crippen molar-refractivity contribution in [3.05, 3.63) is 53.7 Å². The van der Waals surface area contributed by atoms with Gasteiger partial charge in [-0.3, -0.25) is 0 Å². The molecule has 2 aliphatic heterocycles. The minimum atomic E-state index is -0.0188. The quantitative estimate of drug-likeness (QED) is 0.307. The first-order valence-corrected chi connectivity index (χ1v) is 14.0. The molecule has 2 heterocycles. The molecular weight excluding hydrogens is 411 g/mol. The van der Waals surface area contributed by atoms with Crippen molar-refractivity contribution in [3.8, 4) is 23.7 Å². The summed E-state index contributed by atoms with van der Waals surface area (Å²) in [4.78, 5) is 2.50. The molecule has 0 aromatic heterocycles. The Morgan fingerprint density at radius 3 is 2.08 bits per heavy atom. The third-order valence-corrected chi connectivity index (χ3v) is 13.3. The van der Waals surface area contributed by atoms with Crippen molar-refractivity contribution in [2.45, 2.75) is 27.7 Å². The van der Waals surface area contributed by atoms with Crippen LogP contribution in [-0.2, 0) is 0 Å². The second-order valence-electron chi connectivity index (χ2n) is 6.13. The predicted molar refractivity (Wildman–Crippen MR) is 129 cm³/mol. The van der Waals surface area contributed by atoms with Crippen LogP contribution in [0.3, 0.4) is 0 Å². The Morgan fingerprint density at radius 1 is 0.846 bits per heavy atom. The normalized spacial score (nSPS) is 21.0. The van der Waals surface area contributed by atoms with E-state index in [1.807, 2.05) is 46.7 Å². The second-order valence-corrected chi connectivity index (χ2v) is 14.9. The molecule has 1 aromatic rings. The van der Waals surface area contributed by atoms with Gasteiger partial charge >= 0.3 is 0 Å². The predicted octanol–water partition coefficient (Wildman–Crippen LogP) is 7.54. The SMILES string of the molecule is CC1=C(C#Cc2ccc(C#CC(C)C)cc2)S/C(=C2\SC(C)=[P+](C)S2)S1. The molecule has 0 nitrogen and oxygen atoms in total. The van der Waals surface area contributed by atoms with Gasteiger partial charge in [-0.25, -0.2) is 0 Å². The molecule has 0 N–H and O–H groups in total. The molecule has 0 radical (unpaired) electrons. The van der Waals surface area contributed by atoms with Gasteiger partial charge in [-0.2, -0.15) is 0 Å². The van der Waals surface area contributed by atoms with Crippen LogP contribution >= 0.6 is 53.4 Å². The summed E-state index contributed by atoms with van der Waals surface area (Å²) in [5.74, 6) is 13.5. The van der Waals surface area contributed by atoms with Crippen LogP contribution in [0.25, 0.3) is 0 Å². The van der Waals surface area contributed by atoms with Gasteiger partial charge in [0, 0.05) is 28.9 Å². The molecule has 0 amide bonds. The minimum Gasteiger partial charge on any atom is -0.0951 e. The first-order valence-electron chi connectivity index (χ1n) is 8.30. The number of benzene rings is 1. The van der Waals surface area contributed by atoms with Crippen molar-refractivity contribution in [1.82, 2.24) is 0 Å². The molecular formula is C21H20PS4+. The van der Waals surface area contributed by atoms with Crippen LogP contribution in [0.15, 0.2) is 42.6 Å². The maximum absolute atomic E-state index is 3.37. The van der Waals surface area contributed by atoms with Crippen LogP contribution in [0.4, 0.5) is 0 Å². The fraction of sp³-hybridized carbons (Fsp3) is 0.286. The van der Waals surface area contributed by atoms with E-state index in [1.54, 1.807) is 4.63 Å². The number of thioether (sulfide) groups is 3. The molecule has 0 aliphatic carbocycles. The molecule has 1 unspecified atom stereocenters. The van der Waals surface area contributed by atoms with E-state index in [1.165, 1.54) is 18.3 Å². The Labute approximate surface area is 175 Å². The monoisotopic (exact) mass is 431 g/mol. The highest BCUT2D eigenvalue weighted by atomic mass is 32.7. The molecule has 132 valence electrons. The summed E-state index contributed by atoms with van der Waals surface area (Å²) in [7, 11) is 0. The van der Waals surface area contributed by atoms with E-state index in [0.29, 0.717) is 5.92 Å². The van der Waals surface area contributed by atoms with Gasteiger partial charge in [0.05, 0.1) is 9.14 Å². The summed E-state index contributed by atoms with van der Waals surface area (Å²) in [5.41, 5.74) is 2.09. The van der Waals surface area contributed by atoms with Crippen molar-refractivity contribution in [2.24, 2.45) is 5.92 Å². The average Bonchev–Trinajstić information content (AvgIpc) is 3.14. The van der Waals surface area contributed by atoms with E-state index in [4.69, 9.17) is 0 Å². The first kappa shape index (κ1) is 20.1. The lowest BCUT2D eigenvalue weighted by Gasteiger charge is -1.96. The molecule has 1 atom stereocenters. The van der Waals surface area contributed by atoms with Crippen LogP contribution in [0.1, 0.15) is 38.8 Å². The number of hydrogen-bond acceptors (Lipinski definition) is 4. The molecule has 1 aromatic carbocycles. The van der Waals surface area contributed by atoms with Gasteiger partial charge in [-0.05, 0) is 43.0 Å². The fourth-order valence-electron chi connectivity index (χ4n) is 2.05. The summed E-state index contributed by atoms with van der Waals surface area (Å²) in [6, 6.07) is 8.23. The Kier molecular flexibility index (Phi) is 7.01. The largest absolute Gasteiger partial charge is 0.177 e. The average molecular weight is 432 g/mol. The maximum atomic E-state index is 3.37. The van der Waals surface area contributed by atoms with Gasteiger partial charge in [0.15, 0.2) is 11.4 Å². The van der Waals surface area contributed by atoms with Gasteiger partial charge < -0.3 is 0 Å². The smallest absolute Gasteiger partial charge is 0.0951 e. The van der Waals surface area contributed by atoms with Crippen molar-refractivity contribution < 1.29 is 0 Å². The standard InChI is InChI=1S/C21H20PS4/c1-14(2)6-7-17-8-10-18(11-9-17)12-13-19-15(3)23-20(25-19)21-24-16(4)22(5)26-21/h8-11,14H,1-5H3/q+1/b21-20+. The number of hydrogen-bond donors (Lipinski definition) is 0. The Balaban J connectivity index is 1.70. The zero-order chi connectivity index (χ0) is 18.7. The van der Waals surface area contributed by atoms with E-state index < -0.39 is 0 Å². The lowest BCUT2D eigenvalue weighted by atomic mass is 10.1. The summed E-state index contributed by atoms with van der Waals surface area (Å²) in [6.45, 7) is 11.0. The zero-order valence-electron chi connectivity index (χ0n) is 15.5. The van der Waals surface area contributed by atoms with Crippen LogP contribution in [0, 0.1) is 29.6 Å². The van der Waals surface area contributed by atoms with Gasteiger partial charge in [0.25, 0.3) is 0 Å².